The Kier molecular flexibility index (Phi) is 26.6. The Morgan fingerprint density at radius 1 is 0.596 bits per heavy atom. The molecule has 16 nitrogen and oxygen atoms in total. The molecule has 0 aliphatic heterocycles. The Bertz CT molecular complexity index is 1740. The minimum absolute atomic E-state index is 0.0304. The third kappa shape index (κ3) is 24.7. The number of hydrogen-bond acceptors (Lipinski definition) is 13. The number of unbranched alkanes of at least 4 members (excludes halogenated alkanes) is 12. The summed E-state index contributed by atoms with van der Waals surface area (Å²) in [6, 6.07) is 0. The van der Waals surface area contributed by atoms with Crippen LogP contribution in [0.15, 0.2) is 0 Å². The molecule has 0 aromatic carbocycles. The van der Waals surface area contributed by atoms with Gasteiger partial charge >= 0.3 is 27.6 Å². The molecular weight excluding hydrogens is 786 g/mol. The molecule has 1 aliphatic carbocycles. The largest absolute Gasteiger partial charge is 0.472 e. The van der Waals surface area contributed by atoms with Crippen molar-refractivity contribution in [3.63, 3.8) is 0 Å². The minimum atomic E-state index is -5.39. The van der Waals surface area contributed by atoms with Crippen LogP contribution in [0, 0.1) is 71.0 Å². The number of carbonyl (C=O) groups excluding carboxylic acids is 2. The van der Waals surface area contributed by atoms with Gasteiger partial charge in [-0.1, -0.05) is 89.9 Å². The highest BCUT2D eigenvalue weighted by Gasteiger charge is 2.54. The van der Waals surface area contributed by atoms with Gasteiger partial charge in [0, 0.05) is 12.3 Å². The standard InChI is InChI=1S/C39H52O16P2/c1-3-5-7-9-11-13-15-16-18-20-22-24-26-28-33(41)53-31(29-51-32(40)27-25-23-21-19-17-14-12-10-8-6-4-2)30-52-57(49,50)55-39-36(44)34(42)35(43)38(37(39)45)54-56(46,47)48/h31,34-39,42-45H,3,5,7,9,11,13,15-16,18,20,22,24,26,28-30H2,1-2H3,(H,49,50)(H2,46,47,48)/t31-,34+,35?,36?,37-,38-,39?/m1/s1. The van der Waals surface area contributed by atoms with E-state index in [0.29, 0.717) is 6.42 Å². The minimum Gasteiger partial charge on any atom is -0.456 e. The molecule has 1 fully saturated rings. The number of aliphatic hydroxyl groups excluding tert-OH is 4. The summed E-state index contributed by atoms with van der Waals surface area (Å²) in [5.74, 6) is 26.6. The number of ether oxygens (including phenoxy) is 2. The number of esters is 2. The predicted octanol–water partition coefficient (Wildman–Crippen LogP) is 2.40. The molecule has 0 aromatic rings. The molecule has 1 saturated carbocycles. The van der Waals surface area contributed by atoms with E-state index in [-0.39, 0.29) is 6.42 Å². The van der Waals surface area contributed by atoms with E-state index < -0.39 is 83.5 Å². The summed E-state index contributed by atoms with van der Waals surface area (Å²) in [6.45, 7) is 2.15. The highest BCUT2D eigenvalue weighted by molar-refractivity contribution is 7.47. The summed E-state index contributed by atoms with van der Waals surface area (Å²) in [5.41, 5.74) is 0. The van der Waals surface area contributed by atoms with E-state index in [1.807, 2.05) is 0 Å². The molecule has 314 valence electrons. The fourth-order valence-corrected chi connectivity index (χ4v) is 6.74. The number of carbonyl (C=O) groups is 2. The van der Waals surface area contributed by atoms with E-state index in [1.54, 1.807) is 6.92 Å². The second-order valence-corrected chi connectivity index (χ2v) is 15.3. The quantitative estimate of drug-likeness (QED) is 0.0242. The van der Waals surface area contributed by atoms with Crippen molar-refractivity contribution in [2.24, 2.45) is 0 Å². The van der Waals surface area contributed by atoms with E-state index in [0.717, 1.165) is 32.1 Å². The topological polar surface area (TPSA) is 256 Å². The average molecular weight is 839 g/mol. The Labute approximate surface area is 334 Å². The van der Waals surface area contributed by atoms with Crippen molar-refractivity contribution in [3.8, 4) is 71.0 Å². The van der Waals surface area contributed by atoms with Gasteiger partial charge in [0.05, 0.1) is 6.61 Å². The van der Waals surface area contributed by atoms with Gasteiger partial charge in [-0.25, -0.2) is 13.9 Å². The maximum atomic E-state index is 12.9. The Hall–Kier alpha value is -3.64. The number of aliphatic hydroxyl groups is 4. The lowest BCUT2D eigenvalue weighted by molar-refractivity contribution is -0.216. The molecule has 4 unspecified atom stereocenters. The molecule has 1 aliphatic rings. The predicted molar refractivity (Wildman–Crippen MR) is 205 cm³/mol. The van der Waals surface area contributed by atoms with Crippen LogP contribution in [0.4, 0.5) is 0 Å². The molecular formula is C39H52O16P2. The normalized spacial score (nSPS) is 21.2. The first kappa shape index (κ1) is 51.4. The van der Waals surface area contributed by atoms with Gasteiger partial charge in [0.1, 0.15) is 43.2 Å². The molecule has 0 heterocycles. The lowest BCUT2D eigenvalue weighted by Gasteiger charge is -2.43. The van der Waals surface area contributed by atoms with Crippen LogP contribution >= 0.6 is 15.6 Å². The monoisotopic (exact) mass is 838 g/mol. The van der Waals surface area contributed by atoms with Crippen molar-refractivity contribution >= 4 is 27.6 Å². The third-order valence-corrected chi connectivity index (χ3v) is 9.52. The Morgan fingerprint density at radius 2 is 1.05 bits per heavy atom. The van der Waals surface area contributed by atoms with Gasteiger partial charge in [0.15, 0.2) is 6.10 Å². The van der Waals surface area contributed by atoms with Crippen molar-refractivity contribution in [1.29, 1.82) is 0 Å². The van der Waals surface area contributed by atoms with Crippen molar-refractivity contribution in [1.82, 2.24) is 0 Å². The van der Waals surface area contributed by atoms with Crippen LogP contribution in [0.3, 0.4) is 0 Å². The molecule has 0 radical (unpaired) electrons. The summed E-state index contributed by atoms with van der Waals surface area (Å²) in [5, 5.41) is 40.9. The maximum absolute atomic E-state index is 12.9. The number of phosphoric ester groups is 2. The molecule has 0 amide bonds. The fraction of sp³-hybridized carbons (Fsp3) is 0.641. The molecule has 0 saturated heterocycles. The molecule has 18 heteroatoms. The fourth-order valence-electron chi connectivity index (χ4n) is 5.20. The van der Waals surface area contributed by atoms with Crippen molar-refractivity contribution in [2.45, 2.75) is 146 Å². The molecule has 0 bridgehead atoms. The van der Waals surface area contributed by atoms with Gasteiger partial charge in [0.2, 0.25) is 0 Å². The first-order valence-corrected chi connectivity index (χ1v) is 21.5. The van der Waals surface area contributed by atoms with Gasteiger partial charge in [-0.05, 0) is 72.5 Å². The average Bonchev–Trinajstić information content (AvgIpc) is 3.16. The third-order valence-electron chi connectivity index (χ3n) is 8.02. The second kappa shape index (κ2) is 29.6. The highest BCUT2D eigenvalue weighted by atomic mass is 31.2. The molecule has 7 N–H and O–H groups in total. The first-order chi connectivity index (χ1) is 27.1. The van der Waals surface area contributed by atoms with E-state index in [2.05, 4.69) is 82.5 Å². The molecule has 57 heavy (non-hydrogen) atoms. The van der Waals surface area contributed by atoms with Gasteiger partial charge < -0.3 is 44.6 Å². The van der Waals surface area contributed by atoms with Gasteiger partial charge in [-0.2, -0.15) is 0 Å². The lowest BCUT2D eigenvalue weighted by Crippen LogP contribution is -2.64. The van der Waals surface area contributed by atoms with Crippen LogP contribution in [-0.2, 0) is 41.8 Å². The summed E-state index contributed by atoms with van der Waals surface area (Å²) >= 11 is 0. The summed E-state index contributed by atoms with van der Waals surface area (Å²) in [7, 11) is -10.8. The van der Waals surface area contributed by atoms with Crippen LogP contribution < -0.4 is 0 Å². The second-order valence-electron chi connectivity index (χ2n) is 12.7. The van der Waals surface area contributed by atoms with Crippen molar-refractivity contribution in [2.75, 3.05) is 13.2 Å². The smallest absolute Gasteiger partial charge is 0.456 e. The SMILES string of the molecule is CC#CC#CC#CC#CC#CC#CC(=O)OC[C@H](COP(=O)(O)OC1C(O)[C@@H](O)C(O)[C@@H](OP(=O)(O)O)[C@H]1O)OC(=O)CCCCCCCCCCCCCCC. The zero-order valence-electron chi connectivity index (χ0n) is 32.1. The summed E-state index contributed by atoms with van der Waals surface area (Å²) in [4.78, 5) is 53.5. The number of hydrogen-bond donors (Lipinski definition) is 7. The van der Waals surface area contributed by atoms with Crippen LogP contribution in [0.2, 0.25) is 0 Å². The molecule has 0 aromatic heterocycles. The highest BCUT2D eigenvalue weighted by Crippen LogP contribution is 2.49. The zero-order chi connectivity index (χ0) is 42.5. The molecule has 8 atom stereocenters. The van der Waals surface area contributed by atoms with Crippen LogP contribution in [0.1, 0.15) is 104 Å². The lowest BCUT2D eigenvalue weighted by atomic mass is 9.85. The van der Waals surface area contributed by atoms with E-state index >= 15 is 0 Å². The van der Waals surface area contributed by atoms with Crippen LogP contribution in [0.25, 0.3) is 0 Å². The maximum Gasteiger partial charge on any atom is 0.472 e. The number of phosphoric acid groups is 2. The van der Waals surface area contributed by atoms with E-state index in [9.17, 15) is 44.0 Å². The molecule has 0 spiro atoms. The van der Waals surface area contributed by atoms with Crippen LogP contribution in [-0.4, -0.2) is 103 Å². The summed E-state index contributed by atoms with van der Waals surface area (Å²) < 4.78 is 48.4. The Balaban J connectivity index is 2.83. The summed E-state index contributed by atoms with van der Waals surface area (Å²) in [6.07, 6.45) is -1.05. The first-order valence-electron chi connectivity index (χ1n) is 18.5. The van der Waals surface area contributed by atoms with Crippen molar-refractivity contribution < 1.29 is 76.9 Å². The van der Waals surface area contributed by atoms with Crippen molar-refractivity contribution in [3.05, 3.63) is 0 Å². The zero-order valence-corrected chi connectivity index (χ0v) is 33.8. The van der Waals surface area contributed by atoms with Gasteiger partial charge in [0.25, 0.3) is 0 Å². The Morgan fingerprint density at radius 3 is 1.54 bits per heavy atom. The molecule has 1 rings (SSSR count). The van der Waals surface area contributed by atoms with Gasteiger partial charge in [-0.3, -0.25) is 18.4 Å². The van der Waals surface area contributed by atoms with E-state index in [1.165, 1.54) is 44.9 Å². The van der Waals surface area contributed by atoms with Gasteiger partial charge in [-0.15, -0.1) is 0 Å². The van der Waals surface area contributed by atoms with E-state index in [4.69, 9.17) is 28.3 Å². The van der Waals surface area contributed by atoms with Crippen LogP contribution in [0.5, 0.6) is 0 Å². The number of rotatable bonds is 24.